The van der Waals surface area contributed by atoms with E-state index in [4.69, 9.17) is 15.2 Å². The number of carbonyl (C=O) groups is 1. The number of aromatic nitrogens is 2. The maximum absolute atomic E-state index is 14.9. The summed E-state index contributed by atoms with van der Waals surface area (Å²) in [6.45, 7) is 3.81. The normalized spacial score (nSPS) is 26.1. The maximum atomic E-state index is 14.9. The molecule has 2 aliphatic rings. The second kappa shape index (κ2) is 8.92. The number of methoxy groups -OCH3 is 1. The van der Waals surface area contributed by atoms with Crippen molar-refractivity contribution in [3.8, 4) is 11.9 Å². The summed E-state index contributed by atoms with van der Waals surface area (Å²) in [5.41, 5.74) is 5.00. The van der Waals surface area contributed by atoms with Crippen LogP contribution in [0.2, 0.25) is 0 Å². The van der Waals surface area contributed by atoms with Gasteiger partial charge in [-0.15, -0.1) is 0 Å². The van der Waals surface area contributed by atoms with Gasteiger partial charge in [-0.2, -0.15) is 5.26 Å². The molecule has 1 aromatic heterocycles. The van der Waals surface area contributed by atoms with Crippen molar-refractivity contribution >= 4 is 22.7 Å². The van der Waals surface area contributed by atoms with Crippen LogP contribution >= 0.6 is 11.8 Å². The number of nitrogens with two attached hydrogens (primary N) is 1. The number of carbonyl (C=O) groups excluding carboxylic acids is 1. The van der Waals surface area contributed by atoms with Gasteiger partial charge in [-0.3, -0.25) is 9.79 Å². The third kappa shape index (κ3) is 4.35. The summed E-state index contributed by atoms with van der Waals surface area (Å²) in [4.78, 5) is 25.3. The Bertz CT molecular complexity index is 1200. The number of benzene rings is 1. The molecule has 1 aliphatic carbocycles. The number of fused-ring (bicyclic) bond motifs is 1. The first-order valence-electron chi connectivity index (χ1n) is 10.6. The molecule has 34 heavy (non-hydrogen) atoms. The topological polar surface area (TPSA) is 123 Å². The highest BCUT2D eigenvalue weighted by Crippen LogP contribution is 2.65. The Morgan fingerprint density at radius 3 is 2.79 bits per heavy atom. The van der Waals surface area contributed by atoms with Crippen molar-refractivity contribution in [1.82, 2.24) is 9.97 Å². The van der Waals surface area contributed by atoms with Crippen molar-refractivity contribution in [1.29, 1.82) is 5.26 Å². The minimum atomic E-state index is -1.22. The van der Waals surface area contributed by atoms with Crippen LogP contribution in [-0.4, -0.2) is 45.5 Å². The van der Waals surface area contributed by atoms with E-state index in [0.29, 0.717) is 13.0 Å². The maximum Gasteiger partial charge on any atom is 0.232 e. The molecule has 0 unspecified atom stereocenters. The van der Waals surface area contributed by atoms with Gasteiger partial charge in [0.15, 0.2) is 22.6 Å². The summed E-state index contributed by atoms with van der Waals surface area (Å²) in [7, 11) is 1.55. The Balaban J connectivity index is 1.57. The quantitative estimate of drug-likeness (QED) is 0.563. The number of hydrogen-bond donors (Lipinski definition) is 1. The monoisotopic (exact) mass is 487 g/mol. The lowest BCUT2D eigenvalue weighted by Gasteiger charge is -2.32. The molecule has 4 rings (SSSR count). The standard InChI is InChI=1S/C23H23F2N5O3S/c1-12(10-32-3)33-19-9-28-16(8-29-19)17(31)6-13-4-14(20(25)15(24)5-13)22(2)18-7-23(18,11-26)34-21(27)30-22/h4-5,8-9,12,18H,6-7,10H2,1-3H3,(H2,27,30)/t12-,18-,22+,23+/m0/s1. The van der Waals surface area contributed by atoms with Crippen LogP contribution in [0.15, 0.2) is 29.5 Å². The number of nitrogens with zero attached hydrogens (tertiary/aromatic N) is 4. The van der Waals surface area contributed by atoms with Gasteiger partial charge in [-0.05, 0) is 38.0 Å². The van der Waals surface area contributed by atoms with Crippen LogP contribution in [0, 0.1) is 28.9 Å². The summed E-state index contributed by atoms with van der Waals surface area (Å²) in [6, 6.07) is 4.63. The minimum Gasteiger partial charge on any atom is -0.471 e. The van der Waals surface area contributed by atoms with Crippen molar-refractivity contribution in [3.63, 3.8) is 0 Å². The number of ether oxygens (including phenoxy) is 2. The molecular weight excluding hydrogens is 464 g/mol. The van der Waals surface area contributed by atoms with E-state index >= 15 is 0 Å². The highest BCUT2D eigenvalue weighted by Gasteiger charge is 2.67. The molecule has 2 aromatic rings. The van der Waals surface area contributed by atoms with Gasteiger partial charge in [0.2, 0.25) is 5.88 Å². The van der Waals surface area contributed by atoms with Gasteiger partial charge in [0.05, 0.1) is 30.6 Å². The molecular formula is C23H23F2N5O3S. The summed E-state index contributed by atoms with van der Waals surface area (Å²) >= 11 is 1.15. The van der Waals surface area contributed by atoms with E-state index in [1.54, 1.807) is 21.0 Å². The Morgan fingerprint density at radius 2 is 2.15 bits per heavy atom. The molecule has 0 spiro atoms. The van der Waals surface area contributed by atoms with Crippen LogP contribution in [0.4, 0.5) is 8.78 Å². The van der Waals surface area contributed by atoms with Crippen LogP contribution < -0.4 is 10.5 Å². The molecule has 1 aromatic carbocycles. The lowest BCUT2D eigenvalue weighted by Crippen LogP contribution is -2.35. The van der Waals surface area contributed by atoms with Crippen molar-refractivity contribution in [2.24, 2.45) is 16.6 Å². The molecule has 0 amide bonds. The fourth-order valence-electron chi connectivity index (χ4n) is 4.31. The van der Waals surface area contributed by atoms with E-state index in [2.05, 4.69) is 21.0 Å². The van der Waals surface area contributed by atoms with Gasteiger partial charge in [0, 0.05) is 25.0 Å². The number of rotatable bonds is 8. The number of thioether (sulfide) groups is 1. The van der Waals surface area contributed by atoms with E-state index in [1.807, 2.05) is 0 Å². The molecule has 11 heteroatoms. The average molecular weight is 488 g/mol. The highest BCUT2D eigenvalue weighted by molar-refractivity contribution is 8.15. The molecule has 2 heterocycles. The van der Waals surface area contributed by atoms with Crippen LogP contribution in [0.5, 0.6) is 5.88 Å². The number of hydrogen-bond acceptors (Lipinski definition) is 9. The first-order chi connectivity index (χ1) is 16.1. The fourth-order valence-corrected chi connectivity index (χ4v) is 5.58. The van der Waals surface area contributed by atoms with Crippen molar-refractivity contribution in [2.45, 2.75) is 43.1 Å². The first kappa shape index (κ1) is 24.0. The van der Waals surface area contributed by atoms with Gasteiger partial charge in [-0.25, -0.2) is 18.7 Å². The predicted octanol–water partition coefficient (Wildman–Crippen LogP) is 3.15. The van der Waals surface area contributed by atoms with Gasteiger partial charge in [0.25, 0.3) is 0 Å². The zero-order valence-corrected chi connectivity index (χ0v) is 19.7. The summed E-state index contributed by atoms with van der Waals surface area (Å²) in [5, 5.41) is 9.73. The SMILES string of the molecule is COC[C@H](C)Oc1cnc(C(=O)Cc2cc(F)c(F)c([C@@]3(C)N=C(N)S[C@@]4(C#N)C[C@H]43)c2)cn1. The molecule has 0 radical (unpaired) electrons. The van der Waals surface area contributed by atoms with Crippen molar-refractivity contribution < 1.29 is 23.0 Å². The van der Waals surface area contributed by atoms with E-state index in [1.165, 1.54) is 18.5 Å². The lowest BCUT2D eigenvalue weighted by molar-refractivity contribution is 0.0884. The summed E-state index contributed by atoms with van der Waals surface area (Å²) in [5.74, 6) is -2.67. The molecule has 0 bridgehead atoms. The Hall–Kier alpha value is -3.10. The predicted molar refractivity (Wildman–Crippen MR) is 121 cm³/mol. The van der Waals surface area contributed by atoms with Gasteiger partial charge in [0.1, 0.15) is 16.5 Å². The Kier molecular flexibility index (Phi) is 6.31. The van der Waals surface area contributed by atoms with Crippen molar-refractivity contribution in [3.05, 3.63) is 53.0 Å². The number of Topliss-reactive ketones (excluding diaryl/α,β-unsaturated/α-hetero) is 1. The molecule has 1 aliphatic heterocycles. The van der Waals surface area contributed by atoms with Gasteiger partial charge in [-0.1, -0.05) is 11.8 Å². The van der Waals surface area contributed by atoms with Crippen LogP contribution in [0.3, 0.4) is 0 Å². The molecule has 1 fully saturated rings. The number of aliphatic imine (C=N–C) groups is 1. The van der Waals surface area contributed by atoms with Gasteiger partial charge < -0.3 is 15.2 Å². The zero-order valence-electron chi connectivity index (χ0n) is 18.8. The largest absolute Gasteiger partial charge is 0.471 e. The first-order valence-corrected chi connectivity index (χ1v) is 11.4. The molecule has 2 N–H and O–H groups in total. The molecule has 8 nitrogen and oxygen atoms in total. The summed E-state index contributed by atoms with van der Waals surface area (Å²) in [6.07, 6.45) is 2.59. The fraction of sp³-hybridized carbons (Fsp3) is 0.435. The van der Waals surface area contributed by atoms with E-state index in [-0.39, 0.29) is 46.3 Å². The number of amidine groups is 1. The molecule has 0 saturated heterocycles. The lowest BCUT2D eigenvalue weighted by atomic mass is 9.84. The summed E-state index contributed by atoms with van der Waals surface area (Å²) < 4.78 is 39.2. The molecule has 1 saturated carbocycles. The third-order valence-electron chi connectivity index (χ3n) is 6.04. The van der Waals surface area contributed by atoms with E-state index in [0.717, 1.165) is 17.8 Å². The second-order valence-electron chi connectivity index (χ2n) is 8.62. The Morgan fingerprint density at radius 1 is 1.38 bits per heavy atom. The van der Waals surface area contributed by atoms with Gasteiger partial charge >= 0.3 is 0 Å². The van der Waals surface area contributed by atoms with E-state index in [9.17, 15) is 18.8 Å². The van der Waals surface area contributed by atoms with Crippen LogP contribution in [0.25, 0.3) is 0 Å². The van der Waals surface area contributed by atoms with Crippen LogP contribution in [-0.2, 0) is 16.7 Å². The number of nitriles is 1. The minimum absolute atomic E-state index is 0.0253. The second-order valence-corrected chi connectivity index (χ2v) is 9.97. The number of ketones is 1. The van der Waals surface area contributed by atoms with Crippen molar-refractivity contribution in [2.75, 3.05) is 13.7 Å². The molecule has 178 valence electrons. The average Bonchev–Trinajstić information content (AvgIpc) is 3.52. The molecule has 4 atom stereocenters. The third-order valence-corrected chi connectivity index (χ3v) is 7.25. The Labute approximate surface area is 199 Å². The van der Waals surface area contributed by atoms with Crippen LogP contribution in [0.1, 0.15) is 41.9 Å². The smallest absolute Gasteiger partial charge is 0.232 e. The zero-order chi connectivity index (χ0) is 24.7. The highest BCUT2D eigenvalue weighted by atomic mass is 32.2. The number of halogens is 2. The van der Waals surface area contributed by atoms with E-state index < -0.39 is 27.7 Å².